The summed E-state index contributed by atoms with van der Waals surface area (Å²) in [5.74, 6) is 0.757. The predicted molar refractivity (Wildman–Crippen MR) is 92.4 cm³/mol. The molecule has 0 aliphatic carbocycles. The van der Waals surface area contributed by atoms with E-state index in [1.165, 1.54) is 21.2 Å². The van der Waals surface area contributed by atoms with Crippen molar-refractivity contribution in [3.63, 3.8) is 0 Å². The molecule has 0 aliphatic rings. The van der Waals surface area contributed by atoms with Crippen LogP contribution in [0.25, 0.3) is 10.8 Å². The topological polar surface area (TPSA) is 77.4 Å². The summed E-state index contributed by atoms with van der Waals surface area (Å²) in [6.07, 6.45) is 2.09. The van der Waals surface area contributed by atoms with Gasteiger partial charge >= 0.3 is 5.51 Å². The number of hydrogen-bond acceptors (Lipinski definition) is 4. The molecule has 0 aromatic heterocycles. The fraction of sp³-hybridized carbons (Fsp3) is 0.375. The lowest BCUT2D eigenvalue weighted by atomic mass is 9.96. The Morgan fingerprint density at radius 1 is 1.12 bits per heavy atom. The van der Waals surface area contributed by atoms with E-state index in [0.29, 0.717) is 5.92 Å². The second-order valence-electron chi connectivity index (χ2n) is 5.52. The normalized spacial score (nSPS) is 13.5. The molecule has 0 saturated heterocycles. The molecule has 140 valence electrons. The molecule has 0 radical (unpaired) electrons. The summed E-state index contributed by atoms with van der Waals surface area (Å²) < 4.78 is 58.9. The Morgan fingerprint density at radius 2 is 1.60 bits per heavy atom. The van der Waals surface area contributed by atoms with Crippen molar-refractivity contribution in [1.29, 1.82) is 0 Å². The van der Waals surface area contributed by atoms with Crippen LogP contribution in [0.15, 0.2) is 41.3 Å². The van der Waals surface area contributed by atoms with Gasteiger partial charge in [-0.05, 0) is 29.0 Å². The fourth-order valence-electron chi connectivity index (χ4n) is 2.17. The van der Waals surface area contributed by atoms with Crippen LogP contribution in [0.1, 0.15) is 25.3 Å². The standard InChI is InChI=1S/C15H19OS.CHF3O3S/c1-11(2)12-8-9-15(17(3)10-16)14-7-5-4-6-13(12)14;2-1(3,4)8(5,6)7/h4-9,11,16H,10H2,1-3H3;(H,5,6,7)/q+1;/p-1. The fourth-order valence-corrected chi connectivity index (χ4v) is 3.16. The van der Waals surface area contributed by atoms with Crippen LogP contribution < -0.4 is 0 Å². The number of hydrogen-bond donors (Lipinski definition) is 1. The molecule has 1 atom stereocenters. The average molecular weight is 396 g/mol. The van der Waals surface area contributed by atoms with Gasteiger partial charge in [-0.1, -0.05) is 38.1 Å². The zero-order valence-electron chi connectivity index (χ0n) is 13.9. The first-order valence-corrected chi connectivity index (χ1v) is 10.4. The average Bonchev–Trinajstić information content (AvgIpc) is 2.51. The van der Waals surface area contributed by atoms with Gasteiger partial charge in [0.1, 0.15) is 6.26 Å². The molecule has 9 heteroatoms. The van der Waals surface area contributed by atoms with Crippen LogP contribution in [-0.2, 0) is 21.0 Å². The van der Waals surface area contributed by atoms with Crippen LogP contribution in [0.3, 0.4) is 0 Å². The van der Waals surface area contributed by atoms with Gasteiger partial charge in [-0.3, -0.25) is 0 Å². The van der Waals surface area contributed by atoms with Gasteiger partial charge < -0.3 is 9.66 Å². The monoisotopic (exact) mass is 396 g/mol. The minimum Gasteiger partial charge on any atom is -0.741 e. The first kappa shape index (κ1) is 21.8. The molecule has 1 unspecified atom stereocenters. The molecular weight excluding hydrogens is 377 g/mol. The molecule has 0 heterocycles. The smallest absolute Gasteiger partial charge is 0.485 e. The first-order valence-electron chi connectivity index (χ1n) is 7.17. The van der Waals surface area contributed by atoms with Crippen molar-refractivity contribution in [2.75, 3.05) is 12.2 Å². The van der Waals surface area contributed by atoms with Crippen LogP contribution in [0.5, 0.6) is 0 Å². The maximum absolute atomic E-state index is 10.7. The lowest BCUT2D eigenvalue weighted by molar-refractivity contribution is -0.0517. The van der Waals surface area contributed by atoms with Crippen molar-refractivity contribution in [2.24, 2.45) is 0 Å². The molecule has 4 nitrogen and oxygen atoms in total. The van der Waals surface area contributed by atoms with E-state index in [1.54, 1.807) is 0 Å². The van der Waals surface area contributed by atoms with Gasteiger partial charge in [-0.15, -0.1) is 0 Å². The second-order valence-corrected chi connectivity index (χ2v) is 8.86. The zero-order valence-corrected chi connectivity index (χ0v) is 15.5. The molecule has 2 aromatic rings. The Bertz CT molecular complexity index is 818. The van der Waals surface area contributed by atoms with Gasteiger partial charge in [0, 0.05) is 16.3 Å². The minimum absolute atomic E-state index is 0.0809. The lowest BCUT2D eigenvalue weighted by Crippen LogP contribution is -2.21. The summed E-state index contributed by atoms with van der Waals surface area (Å²) in [6.45, 7) is 4.44. The van der Waals surface area contributed by atoms with Gasteiger partial charge in [-0.25, -0.2) is 8.42 Å². The Hall–Kier alpha value is -1.29. The van der Waals surface area contributed by atoms with E-state index in [2.05, 4.69) is 56.5 Å². The molecule has 2 aromatic carbocycles. The largest absolute Gasteiger partial charge is 0.741 e. The van der Waals surface area contributed by atoms with Gasteiger partial charge in [-0.2, -0.15) is 13.2 Å². The number of fused-ring (bicyclic) bond motifs is 1. The Kier molecular flexibility index (Phi) is 7.30. The highest BCUT2D eigenvalue weighted by molar-refractivity contribution is 7.96. The summed E-state index contributed by atoms with van der Waals surface area (Å²) in [4.78, 5) is 1.27. The molecule has 0 amide bonds. The van der Waals surface area contributed by atoms with Crippen LogP contribution in [0.2, 0.25) is 0 Å². The van der Waals surface area contributed by atoms with Gasteiger partial charge in [0.2, 0.25) is 5.94 Å². The summed E-state index contributed by atoms with van der Waals surface area (Å²) >= 11 is 0. The Morgan fingerprint density at radius 3 is 2.00 bits per heavy atom. The summed E-state index contributed by atoms with van der Waals surface area (Å²) in [7, 11) is -6.17. The van der Waals surface area contributed by atoms with Crippen LogP contribution in [-0.4, -0.2) is 35.8 Å². The number of aliphatic hydroxyl groups excluding tert-OH is 1. The number of aliphatic hydroxyl groups is 1. The van der Waals surface area contributed by atoms with Crippen molar-refractivity contribution >= 4 is 31.8 Å². The zero-order chi connectivity index (χ0) is 19.4. The number of alkyl halides is 3. The third-order valence-corrected chi connectivity index (χ3v) is 5.45. The SMILES string of the molecule is CC(C)c1ccc([S+](C)CO)c2ccccc12.O=S(=O)([O-])C(F)(F)F. The molecule has 0 spiro atoms. The highest BCUT2D eigenvalue weighted by Crippen LogP contribution is 2.30. The number of benzene rings is 2. The van der Waals surface area contributed by atoms with E-state index in [4.69, 9.17) is 13.0 Å². The number of rotatable bonds is 3. The molecule has 0 bridgehead atoms. The second kappa shape index (κ2) is 8.39. The summed E-state index contributed by atoms with van der Waals surface area (Å²) in [6, 6.07) is 12.9. The third kappa shape index (κ3) is 5.60. The Balaban J connectivity index is 0.000000333. The maximum atomic E-state index is 10.7. The molecule has 1 N–H and O–H groups in total. The van der Waals surface area contributed by atoms with E-state index < -0.39 is 15.6 Å². The highest BCUT2D eigenvalue weighted by atomic mass is 32.2. The van der Waals surface area contributed by atoms with E-state index in [9.17, 15) is 18.3 Å². The van der Waals surface area contributed by atoms with E-state index in [1.807, 2.05) is 0 Å². The molecule has 0 saturated carbocycles. The van der Waals surface area contributed by atoms with E-state index in [0.717, 1.165) is 0 Å². The molecule has 2 rings (SSSR count). The molecule has 0 aliphatic heterocycles. The van der Waals surface area contributed by atoms with Gasteiger partial charge in [0.25, 0.3) is 0 Å². The van der Waals surface area contributed by atoms with Gasteiger partial charge in [0.15, 0.2) is 15.0 Å². The van der Waals surface area contributed by atoms with Crippen LogP contribution in [0.4, 0.5) is 13.2 Å². The third-order valence-electron chi connectivity index (χ3n) is 3.39. The Labute approximate surface area is 147 Å². The summed E-state index contributed by atoms with van der Waals surface area (Å²) in [5.41, 5.74) is -4.26. The van der Waals surface area contributed by atoms with Crippen LogP contribution >= 0.6 is 0 Å². The van der Waals surface area contributed by atoms with Crippen LogP contribution in [0, 0.1) is 0 Å². The molecule has 25 heavy (non-hydrogen) atoms. The van der Waals surface area contributed by atoms with Crippen molar-refractivity contribution in [1.82, 2.24) is 0 Å². The quantitative estimate of drug-likeness (QED) is 0.489. The first-order chi connectivity index (χ1) is 11.4. The maximum Gasteiger partial charge on any atom is 0.485 e. The number of halogens is 3. The van der Waals surface area contributed by atoms with Crippen molar-refractivity contribution < 1.29 is 31.2 Å². The van der Waals surface area contributed by atoms with Crippen molar-refractivity contribution in [2.45, 2.75) is 30.2 Å². The molecular formula is C16H19F3O4S2. The van der Waals surface area contributed by atoms with Crippen molar-refractivity contribution in [3.8, 4) is 0 Å². The van der Waals surface area contributed by atoms with E-state index >= 15 is 0 Å². The highest BCUT2D eigenvalue weighted by Gasteiger charge is 2.36. The lowest BCUT2D eigenvalue weighted by Gasteiger charge is -2.12. The molecule has 0 fully saturated rings. The summed E-state index contributed by atoms with van der Waals surface area (Å²) in [5, 5.41) is 12.0. The predicted octanol–water partition coefficient (Wildman–Crippen LogP) is 3.57. The minimum atomic E-state index is -6.09. The van der Waals surface area contributed by atoms with Crippen molar-refractivity contribution in [3.05, 3.63) is 42.0 Å². The van der Waals surface area contributed by atoms with E-state index in [-0.39, 0.29) is 16.8 Å². The van der Waals surface area contributed by atoms with Gasteiger partial charge in [0.05, 0.1) is 0 Å².